The van der Waals surface area contributed by atoms with Crippen LogP contribution >= 0.6 is 0 Å². The number of phenolic OH excluding ortho intramolecular Hbond substituents is 1. The van der Waals surface area contributed by atoms with Crippen LogP contribution in [0.3, 0.4) is 0 Å². The molecule has 2 aliphatic heterocycles. The molecule has 32 heavy (non-hydrogen) atoms. The highest BCUT2D eigenvalue weighted by atomic mass is 19.1. The lowest BCUT2D eigenvalue weighted by atomic mass is 9.95. The van der Waals surface area contributed by atoms with Crippen molar-refractivity contribution in [2.45, 2.75) is 6.04 Å². The summed E-state index contributed by atoms with van der Waals surface area (Å²) in [6.07, 6.45) is 0. The molecule has 8 heteroatoms. The monoisotopic (exact) mass is 433 g/mol. The molecule has 1 fully saturated rings. The second kappa shape index (κ2) is 7.42. The van der Waals surface area contributed by atoms with E-state index in [1.54, 1.807) is 18.2 Å². The number of benzene rings is 3. The maximum absolute atomic E-state index is 13.9. The summed E-state index contributed by atoms with van der Waals surface area (Å²) < 4.78 is 24.5. The van der Waals surface area contributed by atoms with Crippen LogP contribution in [0.25, 0.3) is 5.76 Å². The van der Waals surface area contributed by atoms with Gasteiger partial charge in [0.15, 0.2) is 11.5 Å². The third-order valence-corrected chi connectivity index (χ3v) is 5.36. The average Bonchev–Trinajstić information content (AvgIpc) is 3.35. The number of Topliss-reactive ketones (excluding diaryl/α,β-unsaturated/α-hetero) is 1. The number of aliphatic hydroxyl groups excluding tert-OH is 1. The van der Waals surface area contributed by atoms with Crippen LogP contribution in [0.4, 0.5) is 10.1 Å². The predicted octanol–water partition coefficient (Wildman–Crippen LogP) is 3.89. The zero-order chi connectivity index (χ0) is 22.4. The fourth-order valence-electron chi connectivity index (χ4n) is 3.93. The number of nitrogens with zero attached hydrogens (tertiary/aromatic N) is 1. The van der Waals surface area contributed by atoms with Gasteiger partial charge in [-0.25, -0.2) is 4.39 Å². The second-order valence-corrected chi connectivity index (χ2v) is 7.31. The molecular weight excluding hydrogens is 417 g/mol. The molecule has 0 bridgehead atoms. The number of carbonyl (C=O) groups excluding carboxylic acids is 2. The Morgan fingerprint density at radius 3 is 2.53 bits per heavy atom. The molecule has 1 saturated heterocycles. The van der Waals surface area contributed by atoms with Crippen molar-refractivity contribution in [2.24, 2.45) is 0 Å². The van der Waals surface area contributed by atoms with Crippen molar-refractivity contribution in [3.05, 3.63) is 89.2 Å². The van der Waals surface area contributed by atoms with Crippen molar-refractivity contribution in [3.8, 4) is 17.2 Å². The Bertz CT molecular complexity index is 1300. The van der Waals surface area contributed by atoms with Crippen LogP contribution in [-0.2, 0) is 9.59 Å². The Morgan fingerprint density at radius 2 is 1.75 bits per heavy atom. The lowest BCUT2D eigenvalue weighted by Gasteiger charge is -2.25. The predicted molar refractivity (Wildman–Crippen MR) is 112 cm³/mol. The number of carbonyl (C=O) groups is 2. The highest BCUT2D eigenvalue weighted by molar-refractivity contribution is 6.51. The van der Waals surface area contributed by atoms with E-state index in [-0.39, 0.29) is 29.4 Å². The topological polar surface area (TPSA) is 96.3 Å². The molecule has 0 spiro atoms. The first-order chi connectivity index (χ1) is 15.4. The maximum Gasteiger partial charge on any atom is 0.300 e. The second-order valence-electron chi connectivity index (χ2n) is 7.31. The lowest BCUT2D eigenvalue weighted by molar-refractivity contribution is -0.132. The van der Waals surface area contributed by atoms with Crippen LogP contribution < -0.4 is 14.4 Å². The maximum atomic E-state index is 13.9. The van der Waals surface area contributed by atoms with Gasteiger partial charge in [0.2, 0.25) is 6.79 Å². The van der Waals surface area contributed by atoms with Gasteiger partial charge in [-0.1, -0.05) is 18.2 Å². The van der Waals surface area contributed by atoms with E-state index in [0.717, 1.165) is 11.0 Å². The number of hydrogen-bond donors (Lipinski definition) is 2. The Morgan fingerprint density at radius 1 is 0.969 bits per heavy atom. The van der Waals surface area contributed by atoms with E-state index < -0.39 is 29.3 Å². The van der Waals surface area contributed by atoms with E-state index in [1.807, 2.05) is 0 Å². The van der Waals surface area contributed by atoms with Gasteiger partial charge in [-0.15, -0.1) is 0 Å². The minimum absolute atomic E-state index is 0.0345. The lowest BCUT2D eigenvalue weighted by Crippen LogP contribution is -2.29. The summed E-state index contributed by atoms with van der Waals surface area (Å²) >= 11 is 0. The van der Waals surface area contributed by atoms with Crippen molar-refractivity contribution < 1.29 is 33.7 Å². The van der Waals surface area contributed by atoms with Gasteiger partial charge in [-0.2, -0.15) is 0 Å². The zero-order valence-electron chi connectivity index (χ0n) is 16.5. The van der Waals surface area contributed by atoms with E-state index >= 15 is 0 Å². The molecule has 2 heterocycles. The summed E-state index contributed by atoms with van der Waals surface area (Å²) in [5, 5.41) is 21.1. The molecule has 1 unspecified atom stereocenters. The number of fused-ring (bicyclic) bond motifs is 1. The summed E-state index contributed by atoms with van der Waals surface area (Å²) in [5.74, 6) is -2.07. The molecular formula is C24H16FNO6. The summed E-state index contributed by atoms with van der Waals surface area (Å²) in [5.41, 5.74) is 0.571. The highest BCUT2D eigenvalue weighted by Gasteiger charge is 2.47. The van der Waals surface area contributed by atoms with E-state index in [4.69, 9.17) is 9.47 Å². The molecule has 0 radical (unpaired) electrons. The largest absolute Gasteiger partial charge is 0.508 e. The number of amides is 1. The van der Waals surface area contributed by atoms with E-state index in [0.29, 0.717) is 17.1 Å². The number of anilines is 1. The number of phenols is 1. The Kier molecular flexibility index (Phi) is 4.55. The number of aliphatic hydroxyl groups is 1. The Hall–Kier alpha value is -4.33. The van der Waals surface area contributed by atoms with Crippen molar-refractivity contribution in [1.82, 2.24) is 0 Å². The fraction of sp³-hybridized carbons (Fsp3) is 0.0833. The zero-order valence-corrected chi connectivity index (χ0v) is 16.5. The summed E-state index contributed by atoms with van der Waals surface area (Å²) in [6.45, 7) is 0.0345. The first-order valence-electron chi connectivity index (χ1n) is 9.69. The molecule has 0 aliphatic carbocycles. The fourth-order valence-corrected chi connectivity index (χ4v) is 3.93. The molecule has 0 aromatic heterocycles. The average molecular weight is 433 g/mol. The molecule has 7 nitrogen and oxygen atoms in total. The standard InChI is InChI=1S/C24H16FNO6/c25-15-4-2-5-16(11-15)26-21(13-3-1-6-17(27)9-13)20(23(29)24(26)30)22(28)14-7-8-18-19(10-14)32-12-31-18/h1-11,21,27-28H,12H2/b22-20-. The van der Waals surface area contributed by atoms with Gasteiger partial charge >= 0.3 is 0 Å². The normalized spacial score (nSPS) is 18.9. The van der Waals surface area contributed by atoms with E-state index in [2.05, 4.69) is 0 Å². The quantitative estimate of drug-likeness (QED) is 0.370. The molecule has 1 atom stereocenters. The van der Waals surface area contributed by atoms with Crippen LogP contribution in [0.2, 0.25) is 0 Å². The molecule has 1 amide bonds. The van der Waals surface area contributed by atoms with Gasteiger partial charge in [0.05, 0.1) is 11.6 Å². The number of halogens is 1. The number of rotatable bonds is 3. The van der Waals surface area contributed by atoms with Gasteiger partial charge in [0, 0.05) is 11.3 Å². The number of ether oxygens (including phenoxy) is 2. The van der Waals surface area contributed by atoms with Crippen molar-refractivity contribution in [1.29, 1.82) is 0 Å². The van der Waals surface area contributed by atoms with Crippen LogP contribution in [0, 0.1) is 5.82 Å². The number of hydrogen-bond acceptors (Lipinski definition) is 6. The molecule has 2 N–H and O–H groups in total. The Labute approximate surface area is 181 Å². The van der Waals surface area contributed by atoms with Crippen LogP contribution in [0.1, 0.15) is 17.2 Å². The van der Waals surface area contributed by atoms with E-state index in [1.165, 1.54) is 42.5 Å². The first kappa shape index (κ1) is 19.6. The first-order valence-corrected chi connectivity index (χ1v) is 9.69. The van der Waals surface area contributed by atoms with Crippen molar-refractivity contribution in [3.63, 3.8) is 0 Å². The third-order valence-electron chi connectivity index (χ3n) is 5.36. The highest BCUT2D eigenvalue weighted by Crippen LogP contribution is 2.44. The van der Waals surface area contributed by atoms with Crippen molar-refractivity contribution >= 4 is 23.1 Å². The smallest absolute Gasteiger partial charge is 0.300 e. The third kappa shape index (κ3) is 3.13. The summed E-state index contributed by atoms with van der Waals surface area (Å²) in [7, 11) is 0. The van der Waals surface area contributed by atoms with Crippen LogP contribution in [0.15, 0.2) is 72.3 Å². The molecule has 3 aromatic carbocycles. The molecule has 2 aliphatic rings. The molecule has 5 rings (SSSR count). The minimum Gasteiger partial charge on any atom is -0.508 e. The summed E-state index contributed by atoms with van der Waals surface area (Å²) in [4.78, 5) is 27.2. The van der Waals surface area contributed by atoms with Gasteiger partial charge in [-0.05, 0) is 54.1 Å². The summed E-state index contributed by atoms with van der Waals surface area (Å²) in [6, 6.07) is 14.8. The van der Waals surface area contributed by atoms with Gasteiger partial charge in [0.25, 0.3) is 11.7 Å². The van der Waals surface area contributed by atoms with Crippen LogP contribution in [-0.4, -0.2) is 28.7 Å². The van der Waals surface area contributed by atoms with Crippen molar-refractivity contribution in [2.75, 3.05) is 11.7 Å². The SMILES string of the molecule is O=C1C(=O)N(c2cccc(F)c2)C(c2cccc(O)c2)/C1=C(/O)c1ccc2c(c1)OCO2. The molecule has 0 saturated carbocycles. The van der Waals surface area contributed by atoms with Crippen LogP contribution in [0.5, 0.6) is 17.2 Å². The number of ketones is 1. The molecule has 3 aromatic rings. The Balaban J connectivity index is 1.72. The van der Waals surface area contributed by atoms with Gasteiger partial charge in [-0.3, -0.25) is 14.5 Å². The van der Waals surface area contributed by atoms with Gasteiger partial charge in [0.1, 0.15) is 17.3 Å². The molecule has 160 valence electrons. The minimum atomic E-state index is -1.09. The van der Waals surface area contributed by atoms with Gasteiger partial charge < -0.3 is 19.7 Å². The van der Waals surface area contributed by atoms with E-state index in [9.17, 15) is 24.2 Å². The number of aromatic hydroxyl groups is 1.